The van der Waals surface area contributed by atoms with E-state index in [1.807, 2.05) is 12.3 Å². The number of aromatic nitrogens is 2. The summed E-state index contributed by atoms with van der Waals surface area (Å²) in [5, 5.41) is 0. The van der Waals surface area contributed by atoms with Crippen molar-refractivity contribution < 1.29 is 0 Å². The maximum absolute atomic E-state index is 5.57. The maximum atomic E-state index is 5.57. The van der Waals surface area contributed by atoms with E-state index in [-0.39, 0.29) is 0 Å². The molecule has 0 radical (unpaired) electrons. The van der Waals surface area contributed by atoms with Crippen LogP contribution in [0.1, 0.15) is 11.3 Å². The molecule has 3 heteroatoms. The van der Waals surface area contributed by atoms with E-state index >= 15 is 0 Å². The molecule has 0 fully saturated rings. The molecule has 0 saturated carbocycles. The molecule has 0 atom stereocenters. The zero-order chi connectivity index (χ0) is 11.5. The van der Waals surface area contributed by atoms with E-state index in [2.05, 4.69) is 41.7 Å². The Morgan fingerprint density at radius 2 is 2.12 bits per heavy atom. The van der Waals surface area contributed by atoms with Crippen molar-refractivity contribution in [2.24, 2.45) is 12.8 Å². The lowest BCUT2D eigenvalue weighted by Crippen LogP contribution is -2.07. The van der Waals surface area contributed by atoms with E-state index < -0.39 is 0 Å². The number of pyridine rings is 1. The van der Waals surface area contributed by atoms with Crippen molar-refractivity contribution in [1.82, 2.24) is 9.55 Å². The molecular weight excluding hydrogens is 198 g/mol. The second-order valence-corrected chi connectivity index (χ2v) is 4.03. The quantitative estimate of drug-likeness (QED) is 0.849. The van der Waals surface area contributed by atoms with Crippen molar-refractivity contribution in [2.45, 2.75) is 13.3 Å². The van der Waals surface area contributed by atoms with Gasteiger partial charge in [0.1, 0.15) is 0 Å². The first-order chi connectivity index (χ1) is 7.72. The molecule has 16 heavy (non-hydrogen) atoms. The first kappa shape index (κ1) is 10.9. The fraction of sp³-hybridized carbons (Fsp3) is 0.308. The summed E-state index contributed by atoms with van der Waals surface area (Å²) in [7, 11) is 2.06. The Bertz CT molecular complexity index is 486. The molecule has 0 unspecified atom stereocenters. The molecule has 2 aromatic rings. The van der Waals surface area contributed by atoms with Gasteiger partial charge in [-0.2, -0.15) is 0 Å². The molecule has 2 N–H and O–H groups in total. The first-order valence-corrected chi connectivity index (χ1v) is 5.50. The molecule has 0 aliphatic rings. The van der Waals surface area contributed by atoms with Gasteiger partial charge in [-0.25, -0.2) is 0 Å². The highest BCUT2D eigenvalue weighted by Crippen LogP contribution is 2.20. The molecule has 0 aliphatic carbocycles. The van der Waals surface area contributed by atoms with Gasteiger partial charge in [0, 0.05) is 18.9 Å². The summed E-state index contributed by atoms with van der Waals surface area (Å²) in [6.07, 6.45) is 2.75. The largest absolute Gasteiger partial charge is 0.346 e. The van der Waals surface area contributed by atoms with E-state index in [1.165, 1.54) is 11.3 Å². The molecular formula is C13H17N3. The number of rotatable bonds is 3. The average molecular weight is 215 g/mol. The standard InChI is InChI=1S/C13H17N3/c1-10-6-8-15-12(9-10)13-4-3-11(5-7-14)16(13)2/h3-4,6,8-9H,5,7,14H2,1-2H3. The number of nitrogens with two attached hydrogens (primary N) is 1. The van der Waals surface area contributed by atoms with Crippen LogP contribution in [0.4, 0.5) is 0 Å². The van der Waals surface area contributed by atoms with Crippen LogP contribution >= 0.6 is 0 Å². The van der Waals surface area contributed by atoms with Gasteiger partial charge in [-0.1, -0.05) is 0 Å². The lowest BCUT2D eigenvalue weighted by molar-refractivity contribution is 0.810. The molecule has 2 aromatic heterocycles. The van der Waals surface area contributed by atoms with Crippen LogP contribution < -0.4 is 5.73 Å². The van der Waals surface area contributed by atoms with Gasteiger partial charge in [0.2, 0.25) is 0 Å². The first-order valence-electron chi connectivity index (χ1n) is 5.50. The van der Waals surface area contributed by atoms with Crippen LogP contribution in [0.3, 0.4) is 0 Å². The molecule has 0 amide bonds. The van der Waals surface area contributed by atoms with Gasteiger partial charge in [-0.15, -0.1) is 0 Å². The summed E-state index contributed by atoms with van der Waals surface area (Å²) in [6, 6.07) is 8.33. The Morgan fingerprint density at radius 3 is 2.81 bits per heavy atom. The molecule has 84 valence electrons. The fourth-order valence-electron chi connectivity index (χ4n) is 1.89. The highest BCUT2D eigenvalue weighted by molar-refractivity contribution is 5.56. The van der Waals surface area contributed by atoms with Gasteiger partial charge in [-0.05, 0) is 49.7 Å². The molecule has 0 aromatic carbocycles. The van der Waals surface area contributed by atoms with Crippen LogP contribution in [0.2, 0.25) is 0 Å². The molecule has 2 rings (SSSR count). The lowest BCUT2D eigenvalue weighted by atomic mass is 10.2. The molecule has 0 saturated heterocycles. The molecule has 2 heterocycles. The second kappa shape index (κ2) is 4.49. The second-order valence-electron chi connectivity index (χ2n) is 4.03. The summed E-state index contributed by atoms with van der Waals surface area (Å²) in [5.74, 6) is 0. The fourth-order valence-corrected chi connectivity index (χ4v) is 1.89. The minimum absolute atomic E-state index is 0.679. The minimum Gasteiger partial charge on any atom is -0.346 e. The Kier molecular flexibility index (Phi) is 3.06. The van der Waals surface area contributed by atoms with Gasteiger partial charge in [0.15, 0.2) is 0 Å². The number of nitrogens with zero attached hydrogens (tertiary/aromatic N) is 2. The monoisotopic (exact) mass is 215 g/mol. The van der Waals surface area contributed by atoms with Crippen molar-refractivity contribution in [3.05, 3.63) is 41.7 Å². The van der Waals surface area contributed by atoms with Crippen LogP contribution in [0.25, 0.3) is 11.4 Å². The molecule has 0 aliphatic heterocycles. The van der Waals surface area contributed by atoms with Crippen LogP contribution in [0.5, 0.6) is 0 Å². The SMILES string of the molecule is Cc1ccnc(-c2ccc(CCN)n2C)c1. The third kappa shape index (κ3) is 1.99. The lowest BCUT2D eigenvalue weighted by Gasteiger charge is -2.07. The summed E-state index contributed by atoms with van der Waals surface area (Å²) in [6.45, 7) is 2.76. The summed E-state index contributed by atoms with van der Waals surface area (Å²) >= 11 is 0. The Morgan fingerprint density at radius 1 is 1.31 bits per heavy atom. The number of hydrogen-bond acceptors (Lipinski definition) is 2. The van der Waals surface area contributed by atoms with Crippen molar-refractivity contribution >= 4 is 0 Å². The minimum atomic E-state index is 0.679. The van der Waals surface area contributed by atoms with E-state index in [1.54, 1.807) is 0 Å². The average Bonchev–Trinajstić information content (AvgIpc) is 2.61. The molecule has 0 bridgehead atoms. The third-order valence-corrected chi connectivity index (χ3v) is 2.80. The van der Waals surface area contributed by atoms with Crippen LogP contribution in [-0.2, 0) is 13.5 Å². The van der Waals surface area contributed by atoms with Crippen LogP contribution in [0, 0.1) is 6.92 Å². The van der Waals surface area contributed by atoms with Crippen molar-refractivity contribution in [2.75, 3.05) is 6.54 Å². The van der Waals surface area contributed by atoms with Crippen LogP contribution in [-0.4, -0.2) is 16.1 Å². The molecule has 0 spiro atoms. The predicted octanol–water partition coefficient (Wildman–Crippen LogP) is 1.90. The van der Waals surface area contributed by atoms with E-state index in [9.17, 15) is 0 Å². The predicted molar refractivity (Wildman–Crippen MR) is 66.1 cm³/mol. The smallest absolute Gasteiger partial charge is 0.0868 e. The zero-order valence-corrected chi connectivity index (χ0v) is 9.77. The Hall–Kier alpha value is -1.61. The molecule has 3 nitrogen and oxygen atoms in total. The van der Waals surface area contributed by atoms with Gasteiger partial charge in [-0.3, -0.25) is 4.98 Å². The summed E-state index contributed by atoms with van der Waals surface area (Å²) in [5.41, 5.74) is 10.2. The normalized spacial score (nSPS) is 10.7. The van der Waals surface area contributed by atoms with Gasteiger partial charge < -0.3 is 10.3 Å². The van der Waals surface area contributed by atoms with Gasteiger partial charge in [0.25, 0.3) is 0 Å². The Labute approximate surface area is 95.9 Å². The van der Waals surface area contributed by atoms with E-state index in [0.29, 0.717) is 6.54 Å². The van der Waals surface area contributed by atoms with Crippen molar-refractivity contribution in [3.63, 3.8) is 0 Å². The number of aryl methyl sites for hydroxylation is 1. The highest BCUT2D eigenvalue weighted by atomic mass is 15.0. The maximum Gasteiger partial charge on any atom is 0.0868 e. The van der Waals surface area contributed by atoms with E-state index in [4.69, 9.17) is 5.73 Å². The van der Waals surface area contributed by atoms with Gasteiger partial charge >= 0.3 is 0 Å². The Balaban J connectivity index is 2.41. The van der Waals surface area contributed by atoms with Crippen molar-refractivity contribution in [1.29, 1.82) is 0 Å². The topological polar surface area (TPSA) is 43.8 Å². The highest BCUT2D eigenvalue weighted by Gasteiger charge is 2.07. The van der Waals surface area contributed by atoms with Gasteiger partial charge in [0.05, 0.1) is 11.4 Å². The zero-order valence-electron chi connectivity index (χ0n) is 9.77. The number of hydrogen-bond donors (Lipinski definition) is 1. The summed E-state index contributed by atoms with van der Waals surface area (Å²) < 4.78 is 2.16. The van der Waals surface area contributed by atoms with Crippen molar-refractivity contribution in [3.8, 4) is 11.4 Å². The van der Waals surface area contributed by atoms with E-state index in [0.717, 1.165) is 17.8 Å². The third-order valence-electron chi connectivity index (χ3n) is 2.80. The summed E-state index contributed by atoms with van der Waals surface area (Å²) in [4.78, 5) is 4.39. The van der Waals surface area contributed by atoms with Crippen LogP contribution in [0.15, 0.2) is 30.5 Å².